The van der Waals surface area contributed by atoms with Gasteiger partial charge in [-0.3, -0.25) is 9.59 Å². The van der Waals surface area contributed by atoms with Gasteiger partial charge in [0.2, 0.25) is 11.8 Å². The SMILES string of the molecule is CCCCNC(=O)C(Cc1ccccc1)N(Cc1c(Cl)cccc1Cl)C(=O)CCSc1ccc(Cl)cc1. The third-order valence-electron chi connectivity index (χ3n) is 5.89. The Morgan fingerprint density at radius 1 is 0.919 bits per heavy atom. The summed E-state index contributed by atoms with van der Waals surface area (Å²) in [7, 11) is 0. The zero-order valence-electron chi connectivity index (χ0n) is 20.8. The lowest BCUT2D eigenvalue weighted by atomic mass is 10.0. The first-order chi connectivity index (χ1) is 17.9. The summed E-state index contributed by atoms with van der Waals surface area (Å²) in [6.07, 6.45) is 2.47. The largest absolute Gasteiger partial charge is 0.354 e. The Balaban J connectivity index is 1.87. The molecule has 37 heavy (non-hydrogen) atoms. The van der Waals surface area contributed by atoms with Gasteiger partial charge in [0.15, 0.2) is 0 Å². The van der Waals surface area contributed by atoms with Gasteiger partial charge in [0, 0.05) is 57.2 Å². The van der Waals surface area contributed by atoms with Gasteiger partial charge in [-0.05, 0) is 48.4 Å². The molecule has 0 heterocycles. The van der Waals surface area contributed by atoms with E-state index in [0.29, 0.717) is 39.3 Å². The van der Waals surface area contributed by atoms with Crippen LogP contribution in [0.15, 0.2) is 77.7 Å². The van der Waals surface area contributed by atoms with Crippen LogP contribution in [0.25, 0.3) is 0 Å². The monoisotopic (exact) mass is 576 g/mol. The van der Waals surface area contributed by atoms with E-state index in [2.05, 4.69) is 12.2 Å². The molecule has 0 spiro atoms. The number of unbranched alkanes of at least 4 members (excludes halogenated alkanes) is 1. The summed E-state index contributed by atoms with van der Waals surface area (Å²) in [6, 6.07) is 21.8. The summed E-state index contributed by atoms with van der Waals surface area (Å²) in [5.74, 6) is 0.242. The number of benzene rings is 3. The van der Waals surface area contributed by atoms with Crippen LogP contribution in [0, 0.1) is 0 Å². The third kappa shape index (κ3) is 9.26. The van der Waals surface area contributed by atoms with E-state index >= 15 is 0 Å². The molecular weight excluding hydrogens is 547 g/mol. The Kier molecular flexibility index (Phi) is 12.1. The molecule has 4 nitrogen and oxygen atoms in total. The minimum atomic E-state index is -0.709. The van der Waals surface area contributed by atoms with Gasteiger partial charge in [-0.1, -0.05) is 84.5 Å². The fourth-order valence-corrected chi connectivity index (χ4v) is 5.33. The van der Waals surface area contributed by atoms with Crippen molar-refractivity contribution in [2.45, 2.75) is 50.1 Å². The molecule has 0 saturated heterocycles. The normalized spacial score (nSPS) is 11.7. The van der Waals surface area contributed by atoms with Gasteiger partial charge < -0.3 is 10.2 Å². The molecular formula is C29H31Cl3N2O2S. The molecule has 1 unspecified atom stereocenters. The molecule has 0 aliphatic carbocycles. The molecule has 0 aliphatic heterocycles. The highest BCUT2D eigenvalue weighted by atomic mass is 35.5. The van der Waals surface area contributed by atoms with Crippen LogP contribution in [-0.4, -0.2) is 35.1 Å². The number of carbonyl (C=O) groups is 2. The van der Waals surface area contributed by atoms with Crippen molar-refractivity contribution in [3.05, 3.63) is 99.0 Å². The van der Waals surface area contributed by atoms with Gasteiger partial charge in [0.05, 0.1) is 0 Å². The summed E-state index contributed by atoms with van der Waals surface area (Å²) >= 11 is 20.5. The second kappa shape index (κ2) is 15.3. The van der Waals surface area contributed by atoms with Gasteiger partial charge in [0.1, 0.15) is 6.04 Å². The van der Waals surface area contributed by atoms with Crippen molar-refractivity contribution in [2.75, 3.05) is 12.3 Å². The number of carbonyl (C=O) groups excluding carboxylic acids is 2. The maximum atomic E-state index is 13.7. The second-order valence-corrected chi connectivity index (χ2v) is 11.0. The van der Waals surface area contributed by atoms with Gasteiger partial charge >= 0.3 is 0 Å². The van der Waals surface area contributed by atoms with Crippen molar-refractivity contribution in [2.24, 2.45) is 0 Å². The first kappa shape index (κ1) is 29.4. The summed E-state index contributed by atoms with van der Waals surface area (Å²) in [4.78, 5) is 29.8. The highest BCUT2D eigenvalue weighted by Crippen LogP contribution is 2.28. The molecule has 3 aromatic rings. The summed E-state index contributed by atoms with van der Waals surface area (Å²) in [5, 5.41) is 4.62. The number of nitrogens with one attached hydrogen (secondary N) is 1. The zero-order chi connectivity index (χ0) is 26.6. The molecule has 3 aromatic carbocycles. The standard InChI is InChI=1S/C29H31Cl3N2O2S/c1-2-3-17-33-29(36)27(19-21-8-5-4-6-9-21)34(20-24-25(31)10-7-11-26(24)32)28(35)16-18-37-23-14-12-22(30)13-15-23/h4-15,27H,2-3,16-20H2,1H3,(H,33,36). The smallest absolute Gasteiger partial charge is 0.243 e. The van der Waals surface area contributed by atoms with Crippen molar-refractivity contribution >= 4 is 58.4 Å². The number of hydrogen-bond acceptors (Lipinski definition) is 3. The fraction of sp³-hybridized carbons (Fsp3) is 0.310. The van der Waals surface area contributed by atoms with Crippen LogP contribution in [-0.2, 0) is 22.6 Å². The van der Waals surface area contributed by atoms with Crippen LogP contribution in [0.5, 0.6) is 0 Å². The van der Waals surface area contributed by atoms with Crippen molar-refractivity contribution in [1.29, 1.82) is 0 Å². The molecule has 1 atom stereocenters. The number of rotatable bonds is 13. The maximum absolute atomic E-state index is 13.7. The summed E-state index contributed by atoms with van der Waals surface area (Å²) < 4.78 is 0. The highest BCUT2D eigenvalue weighted by Gasteiger charge is 2.31. The number of hydrogen-bond donors (Lipinski definition) is 1. The lowest BCUT2D eigenvalue weighted by Gasteiger charge is -2.32. The Bertz CT molecular complexity index is 1140. The van der Waals surface area contributed by atoms with E-state index in [1.54, 1.807) is 34.9 Å². The molecule has 0 aromatic heterocycles. The first-order valence-corrected chi connectivity index (χ1v) is 14.4. The van der Waals surface area contributed by atoms with Gasteiger partial charge in [-0.2, -0.15) is 0 Å². The molecule has 0 radical (unpaired) electrons. The molecule has 0 bridgehead atoms. The zero-order valence-corrected chi connectivity index (χ0v) is 23.8. The van der Waals surface area contributed by atoms with Crippen LogP contribution in [0.4, 0.5) is 0 Å². The van der Waals surface area contributed by atoms with Gasteiger partial charge in [-0.15, -0.1) is 11.8 Å². The molecule has 196 valence electrons. The fourth-order valence-electron chi connectivity index (χ4n) is 3.84. The molecule has 8 heteroatoms. The van der Waals surface area contributed by atoms with E-state index in [1.807, 2.05) is 54.6 Å². The molecule has 0 aliphatic rings. The van der Waals surface area contributed by atoms with Crippen molar-refractivity contribution in [1.82, 2.24) is 10.2 Å². The van der Waals surface area contributed by atoms with Crippen LogP contribution >= 0.6 is 46.6 Å². The minimum absolute atomic E-state index is 0.135. The van der Waals surface area contributed by atoms with Crippen molar-refractivity contribution in [3.8, 4) is 0 Å². The molecule has 0 saturated carbocycles. The minimum Gasteiger partial charge on any atom is -0.354 e. The average Bonchev–Trinajstić information content (AvgIpc) is 2.89. The lowest BCUT2D eigenvalue weighted by molar-refractivity contribution is -0.141. The number of nitrogens with zero attached hydrogens (tertiary/aromatic N) is 1. The van der Waals surface area contributed by atoms with Crippen molar-refractivity contribution < 1.29 is 9.59 Å². The average molecular weight is 578 g/mol. The number of thioether (sulfide) groups is 1. The number of amides is 2. The van der Waals surface area contributed by atoms with Crippen molar-refractivity contribution in [3.63, 3.8) is 0 Å². The van der Waals surface area contributed by atoms with E-state index in [0.717, 1.165) is 23.3 Å². The molecule has 2 amide bonds. The van der Waals surface area contributed by atoms with E-state index in [1.165, 1.54) is 0 Å². The highest BCUT2D eigenvalue weighted by molar-refractivity contribution is 7.99. The Morgan fingerprint density at radius 2 is 1.59 bits per heavy atom. The lowest BCUT2D eigenvalue weighted by Crippen LogP contribution is -2.50. The molecule has 0 fully saturated rings. The van der Waals surface area contributed by atoms with E-state index < -0.39 is 6.04 Å². The van der Waals surface area contributed by atoms with E-state index in [4.69, 9.17) is 34.8 Å². The van der Waals surface area contributed by atoms with E-state index in [-0.39, 0.29) is 24.8 Å². The summed E-state index contributed by atoms with van der Waals surface area (Å²) in [5.41, 5.74) is 1.60. The molecule has 1 N–H and O–H groups in total. The first-order valence-electron chi connectivity index (χ1n) is 12.3. The summed E-state index contributed by atoms with van der Waals surface area (Å²) in [6.45, 7) is 2.77. The Morgan fingerprint density at radius 3 is 2.24 bits per heavy atom. The van der Waals surface area contributed by atoms with E-state index in [9.17, 15) is 9.59 Å². The van der Waals surface area contributed by atoms with Gasteiger partial charge in [0.25, 0.3) is 0 Å². The Hall–Kier alpha value is -2.18. The topological polar surface area (TPSA) is 49.4 Å². The van der Waals surface area contributed by atoms with Crippen LogP contribution in [0.3, 0.4) is 0 Å². The van der Waals surface area contributed by atoms with Gasteiger partial charge in [-0.25, -0.2) is 0 Å². The predicted molar refractivity (Wildman–Crippen MR) is 156 cm³/mol. The quantitative estimate of drug-likeness (QED) is 0.167. The van der Waals surface area contributed by atoms with Crippen LogP contribution < -0.4 is 5.32 Å². The predicted octanol–water partition coefficient (Wildman–Crippen LogP) is 7.69. The Labute approximate surface area is 238 Å². The number of halogens is 3. The maximum Gasteiger partial charge on any atom is 0.243 e. The van der Waals surface area contributed by atoms with Crippen LogP contribution in [0.2, 0.25) is 15.1 Å². The third-order valence-corrected chi connectivity index (χ3v) is 7.86. The van der Waals surface area contributed by atoms with Crippen LogP contribution in [0.1, 0.15) is 37.3 Å². The second-order valence-electron chi connectivity index (χ2n) is 8.62. The molecule has 3 rings (SSSR count).